The summed E-state index contributed by atoms with van der Waals surface area (Å²) >= 11 is 1.46. The fourth-order valence-electron chi connectivity index (χ4n) is 3.44. The summed E-state index contributed by atoms with van der Waals surface area (Å²) in [6.45, 7) is 4.02. The first kappa shape index (κ1) is 19.9. The third kappa shape index (κ3) is 3.86. The standard InChI is InChI=1S/C24H21N3O2S/c1-15-10-11-21(16(2)12-15)27-23(29)19-8-3-4-9-20(19)26-24(27)30-14-17-6-5-7-18(13-17)22(25)28/h3-13H,14H2,1-2H3,(H2,25,28). The van der Waals surface area contributed by atoms with E-state index in [4.69, 9.17) is 10.7 Å². The Bertz CT molecular complexity index is 1330. The molecule has 150 valence electrons. The predicted molar refractivity (Wildman–Crippen MR) is 121 cm³/mol. The Morgan fingerprint density at radius 3 is 2.60 bits per heavy atom. The lowest BCUT2D eigenvalue weighted by molar-refractivity contribution is 0.1000. The molecule has 0 aliphatic carbocycles. The molecule has 0 aliphatic heterocycles. The Morgan fingerprint density at radius 1 is 1.03 bits per heavy atom. The van der Waals surface area contributed by atoms with E-state index < -0.39 is 5.91 Å². The van der Waals surface area contributed by atoms with Crippen LogP contribution in [-0.2, 0) is 5.75 Å². The second kappa shape index (κ2) is 8.16. The summed E-state index contributed by atoms with van der Waals surface area (Å²) in [6.07, 6.45) is 0. The molecule has 0 unspecified atom stereocenters. The number of aryl methyl sites for hydroxylation is 2. The van der Waals surface area contributed by atoms with Crippen LogP contribution in [-0.4, -0.2) is 15.5 Å². The topological polar surface area (TPSA) is 78.0 Å². The summed E-state index contributed by atoms with van der Waals surface area (Å²) in [6, 6.07) is 20.6. The third-order valence-corrected chi connectivity index (χ3v) is 5.93. The molecule has 4 aromatic rings. The maximum absolute atomic E-state index is 13.4. The van der Waals surface area contributed by atoms with Crippen LogP contribution in [0.4, 0.5) is 0 Å². The van der Waals surface area contributed by atoms with E-state index in [9.17, 15) is 9.59 Å². The van der Waals surface area contributed by atoms with Crippen LogP contribution >= 0.6 is 11.8 Å². The van der Waals surface area contributed by atoms with E-state index >= 15 is 0 Å². The van der Waals surface area contributed by atoms with Crippen molar-refractivity contribution in [1.29, 1.82) is 0 Å². The van der Waals surface area contributed by atoms with Crippen molar-refractivity contribution < 1.29 is 4.79 Å². The van der Waals surface area contributed by atoms with Gasteiger partial charge in [0.2, 0.25) is 5.91 Å². The van der Waals surface area contributed by atoms with Gasteiger partial charge >= 0.3 is 0 Å². The van der Waals surface area contributed by atoms with Crippen molar-refractivity contribution in [1.82, 2.24) is 9.55 Å². The molecule has 1 amide bonds. The van der Waals surface area contributed by atoms with Crippen molar-refractivity contribution in [3.8, 4) is 5.69 Å². The van der Waals surface area contributed by atoms with E-state index in [0.29, 0.717) is 27.4 Å². The van der Waals surface area contributed by atoms with Gasteiger partial charge < -0.3 is 5.73 Å². The van der Waals surface area contributed by atoms with Crippen LogP contribution in [0, 0.1) is 13.8 Å². The van der Waals surface area contributed by atoms with E-state index in [1.807, 2.05) is 50.2 Å². The average Bonchev–Trinajstić information content (AvgIpc) is 2.73. The lowest BCUT2D eigenvalue weighted by Crippen LogP contribution is -2.22. The average molecular weight is 416 g/mol. The zero-order valence-electron chi connectivity index (χ0n) is 16.8. The van der Waals surface area contributed by atoms with Crippen molar-refractivity contribution in [3.63, 3.8) is 0 Å². The van der Waals surface area contributed by atoms with E-state index in [-0.39, 0.29) is 5.56 Å². The zero-order chi connectivity index (χ0) is 21.3. The minimum absolute atomic E-state index is 0.0964. The van der Waals surface area contributed by atoms with E-state index in [0.717, 1.165) is 22.4 Å². The van der Waals surface area contributed by atoms with Crippen LogP contribution in [0.15, 0.2) is 76.7 Å². The van der Waals surface area contributed by atoms with Gasteiger partial charge in [-0.25, -0.2) is 4.98 Å². The summed E-state index contributed by atoms with van der Waals surface area (Å²) in [5, 5.41) is 1.19. The molecule has 4 rings (SSSR count). The first-order valence-electron chi connectivity index (χ1n) is 9.55. The fourth-order valence-corrected chi connectivity index (χ4v) is 4.39. The molecule has 0 atom stereocenters. The van der Waals surface area contributed by atoms with Crippen LogP contribution in [0.3, 0.4) is 0 Å². The summed E-state index contributed by atoms with van der Waals surface area (Å²) < 4.78 is 1.68. The zero-order valence-corrected chi connectivity index (χ0v) is 17.6. The summed E-state index contributed by atoms with van der Waals surface area (Å²) in [5.74, 6) is 0.0921. The van der Waals surface area contributed by atoms with Crippen LogP contribution in [0.5, 0.6) is 0 Å². The molecular formula is C24H21N3O2S. The Kier molecular flexibility index (Phi) is 5.42. The number of fused-ring (bicyclic) bond motifs is 1. The quantitative estimate of drug-likeness (QED) is 0.387. The molecule has 0 aliphatic rings. The molecule has 1 aromatic heterocycles. The van der Waals surface area contributed by atoms with Crippen molar-refractivity contribution in [2.75, 3.05) is 0 Å². The maximum atomic E-state index is 13.4. The molecular weight excluding hydrogens is 394 g/mol. The maximum Gasteiger partial charge on any atom is 0.266 e. The number of hydrogen-bond donors (Lipinski definition) is 1. The second-order valence-corrected chi connectivity index (χ2v) is 8.14. The van der Waals surface area contributed by atoms with Crippen LogP contribution in [0.25, 0.3) is 16.6 Å². The number of carbonyl (C=O) groups is 1. The van der Waals surface area contributed by atoms with Gasteiger partial charge in [0, 0.05) is 11.3 Å². The minimum Gasteiger partial charge on any atom is -0.366 e. The Labute approximate surface area is 178 Å². The molecule has 3 aromatic carbocycles. The predicted octanol–water partition coefficient (Wildman–Crippen LogP) is 4.39. The third-order valence-electron chi connectivity index (χ3n) is 4.92. The number of nitrogens with two attached hydrogens (primary N) is 1. The molecule has 30 heavy (non-hydrogen) atoms. The van der Waals surface area contributed by atoms with Gasteiger partial charge in [-0.1, -0.05) is 53.7 Å². The highest BCUT2D eigenvalue weighted by atomic mass is 32.2. The molecule has 0 spiro atoms. The molecule has 5 nitrogen and oxygen atoms in total. The Balaban J connectivity index is 1.83. The lowest BCUT2D eigenvalue weighted by atomic mass is 10.1. The van der Waals surface area contributed by atoms with E-state index in [2.05, 4.69) is 6.07 Å². The van der Waals surface area contributed by atoms with E-state index in [1.165, 1.54) is 11.8 Å². The first-order chi connectivity index (χ1) is 14.4. The highest BCUT2D eigenvalue weighted by molar-refractivity contribution is 7.98. The lowest BCUT2D eigenvalue weighted by Gasteiger charge is -2.15. The number of amides is 1. The van der Waals surface area contributed by atoms with E-state index in [1.54, 1.807) is 28.8 Å². The number of rotatable bonds is 5. The summed E-state index contributed by atoms with van der Waals surface area (Å²) in [4.78, 5) is 29.7. The number of primary amides is 1. The van der Waals surface area contributed by atoms with Gasteiger partial charge in [-0.15, -0.1) is 0 Å². The van der Waals surface area contributed by atoms with Gasteiger partial charge in [-0.3, -0.25) is 14.2 Å². The smallest absolute Gasteiger partial charge is 0.266 e. The highest BCUT2D eigenvalue weighted by Crippen LogP contribution is 2.26. The number of thioether (sulfide) groups is 1. The van der Waals surface area contributed by atoms with Gasteiger partial charge in [-0.2, -0.15) is 0 Å². The van der Waals surface area contributed by atoms with Crippen LogP contribution in [0.2, 0.25) is 0 Å². The van der Waals surface area contributed by atoms with Crippen molar-refractivity contribution in [2.24, 2.45) is 5.73 Å². The van der Waals surface area contributed by atoms with Gasteiger partial charge in [0.05, 0.1) is 16.6 Å². The number of nitrogens with zero attached hydrogens (tertiary/aromatic N) is 2. The van der Waals surface area contributed by atoms with Gasteiger partial charge in [-0.05, 0) is 55.3 Å². The van der Waals surface area contributed by atoms with Crippen molar-refractivity contribution in [3.05, 3.63) is 99.3 Å². The number of benzene rings is 3. The Hall–Kier alpha value is -3.38. The van der Waals surface area contributed by atoms with Crippen LogP contribution < -0.4 is 11.3 Å². The fraction of sp³-hybridized carbons (Fsp3) is 0.125. The first-order valence-corrected chi connectivity index (χ1v) is 10.5. The normalized spacial score (nSPS) is 11.0. The molecule has 0 fully saturated rings. The van der Waals surface area contributed by atoms with Gasteiger partial charge in [0.15, 0.2) is 5.16 Å². The molecule has 0 saturated carbocycles. The molecule has 2 N–H and O–H groups in total. The summed E-state index contributed by atoms with van der Waals surface area (Å²) in [7, 11) is 0. The van der Waals surface area contributed by atoms with Crippen molar-refractivity contribution in [2.45, 2.75) is 24.8 Å². The molecule has 0 radical (unpaired) electrons. The molecule has 6 heteroatoms. The number of aromatic nitrogens is 2. The summed E-state index contributed by atoms with van der Waals surface area (Å²) in [5.41, 5.74) is 10.3. The minimum atomic E-state index is -0.460. The Morgan fingerprint density at radius 2 is 1.83 bits per heavy atom. The van der Waals surface area contributed by atoms with Gasteiger partial charge in [0.25, 0.3) is 5.56 Å². The second-order valence-electron chi connectivity index (χ2n) is 7.20. The number of hydrogen-bond acceptors (Lipinski definition) is 4. The van der Waals surface area contributed by atoms with Crippen molar-refractivity contribution >= 4 is 28.6 Å². The molecule has 0 bridgehead atoms. The SMILES string of the molecule is Cc1ccc(-n2c(SCc3cccc(C(N)=O)c3)nc3ccccc3c2=O)c(C)c1. The molecule has 0 saturated heterocycles. The van der Waals surface area contributed by atoms with Gasteiger partial charge in [0.1, 0.15) is 0 Å². The number of carbonyl (C=O) groups excluding carboxylic acids is 1. The highest BCUT2D eigenvalue weighted by Gasteiger charge is 2.15. The monoisotopic (exact) mass is 415 g/mol. The molecule has 1 heterocycles. The van der Waals surface area contributed by atoms with Crippen LogP contribution in [0.1, 0.15) is 27.0 Å². The largest absolute Gasteiger partial charge is 0.366 e. The number of para-hydroxylation sites is 1.